The summed E-state index contributed by atoms with van der Waals surface area (Å²) in [5.41, 5.74) is 0. The summed E-state index contributed by atoms with van der Waals surface area (Å²) >= 11 is 0. The second kappa shape index (κ2) is 5.32. The minimum absolute atomic E-state index is 0.185. The van der Waals surface area contributed by atoms with Crippen molar-refractivity contribution in [3.8, 4) is 0 Å². The van der Waals surface area contributed by atoms with Crippen molar-refractivity contribution >= 4 is 5.91 Å². The maximum Gasteiger partial charge on any atom is 0.220 e. The maximum absolute atomic E-state index is 11.4. The van der Waals surface area contributed by atoms with Crippen molar-refractivity contribution < 1.29 is 4.79 Å². The molecule has 0 spiro atoms. The van der Waals surface area contributed by atoms with Gasteiger partial charge in [0, 0.05) is 19.0 Å². The number of rotatable bonds is 5. The van der Waals surface area contributed by atoms with Crippen molar-refractivity contribution in [2.45, 2.75) is 19.4 Å². The summed E-state index contributed by atoms with van der Waals surface area (Å²) in [6, 6.07) is 0.401. The van der Waals surface area contributed by atoms with Gasteiger partial charge in [0.2, 0.25) is 5.91 Å². The largest absolute Gasteiger partial charge is 0.355 e. The predicted octanol–water partition coefficient (Wildman–Crippen LogP) is -0.338. The van der Waals surface area contributed by atoms with Crippen LogP contribution in [0.4, 0.5) is 0 Å². The lowest BCUT2D eigenvalue weighted by Gasteiger charge is -2.27. The molecule has 0 radical (unpaired) electrons. The van der Waals surface area contributed by atoms with Gasteiger partial charge >= 0.3 is 0 Å². The quantitative estimate of drug-likeness (QED) is 0.637. The van der Waals surface area contributed by atoms with E-state index in [0.717, 1.165) is 19.6 Å². The zero-order valence-corrected chi connectivity index (χ0v) is 9.34. The number of likely N-dealkylation sites (N-methyl/N-ethyl adjacent to an activating group) is 1. The minimum atomic E-state index is 0.185. The van der Waals surface area contributed by atoms with Crippen LogP contribution in [0.15, 0.2) is 0 Å². The van der Waals surface area contributed by atoms with Crippen molar-refractivity contribution in [1.82, 2.24) is 15.5 Å². The number of hydrogen-bond acceptors (Lipinski definition) is 3. The lowest BCUT2D eigenvalue weighted by Crippen LogP contribution is -2.45. The molecule has 4 heteroatoms. The number of nitrogens with zero attached hydrogens (tertiary/aromatic N) is 1. The van der Waals surface area contributed by atoms with Gasteiger partial charge in [0.05, 0.1) is 0 Å². The molecule has 4 nitrogen and oxygen atoms in total. The van der Waals surface area contributed by atoms with Gasteiger partial charge in [0.25, 0.3) is 0 Å². The van der Waals surface area contributed by atoms with Crippen molar-refractivity contribution in [2.75, 3.05) is 33.7 Å². The van der Waals surface area contributed by atoms with Gasteiger partial charge in [-0.1, -0.05) is 0 Å². The molecule has 1 aliphatic heterocycles. The van der Waals surface area contributed by atoms with Gasteiger partial charge in [-0.3, -0.25) is 4.79 Å². The molecule has 1 unspecified atom stereocenters. The average molecular weight is 199 g/mol. The SMILES string of the molecule is CC(CNC(=O)CC1CNC1)N(C)C. The van der Waals surface area contributed by atoms with E-state index in [0.29, 0.717) is 18.4 Å². The van der Waals surface area contributed by atoms with Gasteiger partial charge < -0.3 is 15.5 Å². The van der Waals surface area contributed by atoms with E-state index in [9.17, 15) is 4.79 Å². The highest BCUT2D eigenvalue weighted by Crippen LogP contribution is 2.07. The number of amides is 1. The Bertz CT molecular complexity index is 190. The molecule has 1 atom stereocenters. The van der Waals surface area contributed by atoms with Crippen LogP contribution in [0.1, 0.15) is 13.3 Å². The molecule has 0 bridgehead atoms. The number of nitrogens with one attached hydrogen (secondary N) is 2. The highest BCUT2D eigenvalue weighted by atomic mass is 16.1. The molecule has 1 fully saturated rings. The monoisotopic (exact) mass is 199 g/mol. The summed E-state index contributed by atoms with van der Waals surface area (Å²) in [6.07, 6.45) is 0.674. The van der Waals surface area contributed by atoms with Crippen molar-refractivity contribution in [3.05, 3.63) is 0 Å². The molecule has 0 aliphatic carbocycles. The van der Waals surface area contributed by atoms with E-state index in [2.05, 4.69) is 22.5 Å². The van der Waals surface area contributed by atoms with Crippen LogP contribution in [-0.2, 0) is 4.79 Å². The molecule has 1 amide bonds. The Balaban J connectivity index is 2.07. The highest BCUT2D eigenvalue weighted by Gasteiger charge is 2.20. The van der Waals surface area contributed by atoms with Crippen molar-refractivity contribution in [3.63, 3.8) is 0 Å². The van der Waals surface area contributed by atoms with E-state index in [4.69, 9.17) is 0 Å². The standard InChI is InChI=1S/C10H21N3O/c1-8(13(2)3)5-12-10(14)4-9-6-11-7-9/h8-9,11H,4-7H2,1-3H3,(H,12,14). The van der Waals surface area contributed by atoms with E-state index in [1.807, 2.05) is 14.1 Å². The molecule has 0 saturated carbocycles. The first-order chi connectivity index (χ1) is 6.59. The molecule has 1 saturated heterocycles. The third kappa shape index (κ3) is 3.64. The Kier molecular flexibility index (Phi) is 4.35. The van der Waals surface area contributed by atoms with Gasteiger partial charge in [-0.25, -0.2) is 0 Å². The molecular formula is C10H21N3O. The molecule has 0 aromatic carbocycles. The van der Waals surface area contributed by atoms with Crippen LogP contribution in [0, 0.1) is 5.92 Å². The molecule has 0 aromatic rings. The van der Waals surface area contributed by atoms with Crippen LogP contribution in [-0.4, -0.2) is 50.6 Å². The molecule has 1 heterocycles. The normalized spacial score (nSPS) is 19.1. The molecule has 82 valence electrons. The third-order valence-electron chi connectivity index (χ3n) is 2.82. The Morgan fingerprint density at radius 3 is 2.64 bits per heavy atom. The lowest BCUT2D eigenvalue weighted by atomic mass is 9.99. The smallest absolute Gasteiger partial charge is 0.220 e. The third-order valence-corrected chi connectivity index (χ3v) is 2.82. The van der Waals surface area contributed by atoms with Crippen LogP contribution >= 0.6 is 0 Å². The van der Waals surface area contributed by atoms with Crippen molar-refractivity contribution in [2.24, 2.45) is 5.92 Å². The van der Waals surface area contributed by atoms with Crippen LogP contribution in [0.2, 0.25) is 0 Å². The summed E-state index contributed by atoms with van der Waals surface area (Å²) in [4.78, 5) is 13.5. The van der Waals surface area contributed by atoms with Crippen LogP contribution in [0.25, 0.3) is 0 Å². The zero-order chi connectivity index (χ0) is 10.6. The van der Waals surface area contributed by atoms with E-state index in [1.54, 1.807) is 0 Å². The summed E-state index contributed by atoms with van der Waals surface area (Å²) in [5.74, 6) is 0.745. The van der Waals surface area contributed by atoms with Crippen molar-refractivity contribution in [1.29, 1.82) is 0 Å². The molecular weight excluding hydrogens is 178 g/mol. The van der Waals surface area contributed by atoms with E-state index in [1.165, 1.54) is 0 Å². The van der Waals surface area contributed by atoms with E-state index >= 15 is 0 Å². The minimum Gasteiger partial charge on any atom is -0.355 e. The second-order valence-electron chi connectivity index (χ2n) is 4.35. The Hall–Kier alpha value is -0.610. The fourth-order valence-corrected chi connectivity index (χ4v) is 1.27. The molecule has 1 aliphatic rings. The second-order valence-corrected chi connectivity index (χ2v) is 4.35. The van der Waals surface area contributed by atoms with Gasteiger partial charge in [-0.05, 0) is 40.0 Å². The van der Waals surface area contributed by atoms with Crippen LogP contribution < -0.4 is 10.6 Å². The van der Waals surface area contributed by atoms with Crippen LogP contribution in [0.5, 0.6) is 0 Å². The molecule has 0 aromatic heterocycles. The lowest BCUT2D eigenvalue weighted by molar-refractivity contribution is -0.122. The van der Waals surface area contributed by atoms with Gasteiger partial charge in [-0.15, -0.1) is 0 Å². The van der Waals surface area contributed by atoms with Gasteiger partial charge in [0.15, 0.2) is 0 Å². The fraction of sp³-hybridized carbons (Fsp3) is 0.900. The Morgan fingerprint density at radius 1 is 1.57 bits per heavy atom. The number of carbonyl (C=O) groups excluding carboxylic acids is 1. The summed E-state index contributed by atoms with van der Waals surface area (Å²) in [6.45, 7) is 4.84. The molecule has 2 N–H and O–H groups in total. The number of carbonyl (C=O) groups is 1. The molecule has 1 rings (SSSR count). The first kappa shape index (κ1) is 11.5. The fourth-order valence-electron chi connectivity index (χ4n) is 1.27. The topological polar surface area (TPSA) is 44.4 Å². The van der Waals surface area contributed by atoms with Gasteiger partial charge in [-0.2, -0.15) is 0 Å². The summed E-state index contributed by atoms with van der Waals surface area (Å²) in [7, 11) is 4.04. The van der Waals surface area contributed by atoms with E-state index < -0.39 is 0 Å². The first-order valence-corrected chi connectivity index (χ1v) is 5.23. The predicted molar refractivity (Wildman–Crippen MR) is 57.1 cm³/mol. The first-order valence-electron chi connectivity index (χ1n) is 5.23. The zero-order valence-electron chi connectivity index (χ0n) is 9.34. The average Bonchev–Trinajstić information content (AvgIpc) is 2.07. The Morgan fingerprint density at radius 2 is 2.21 bits per heavy atom. The summed E-state index contributed by atoms with van der Waals surface area (Å²) in [5, 5.41) is 6.12. The highest BCUT2D eigenvalue weighted by molar-refractivity contribution is 5.76. The number of hydrogen-bond donors (Lipinski definition) is 2. The van der Waals surface area contributed by atoms with E-state index in [-0.39, 0.29) is 5.91 Å². The maximum atomic E-state index is 11.4. The van der Waals surface area contributed by atoms with Crippen LogP contribution in [0.3, 0.4) is 0 Å². The summed E-state index contributed by atoms with van der Waals surface area (Å²) < 4.78 is 0. The van der Waals surface area contributed by atoms with Gasteiger partial charge in [0.1, 0.15) is 0 Å². The molecule has 14 heavy (non-hydrogen) atoms. The Labute approximate surface area is 86.0 Å².